The van der Waals surface area contributed by atoms with Gasteiger partial charge in [-0.2, -0.15) is 5.10 Å². The second-order valence-corrected chi connectivity index (χ2v) is 9.65. The van der Waals surface area contributed by atoms with Crippen LogP contribution in [-0.4, -0.2) is 31.5 Å². The summed E-state index contributed by atoms with van der Waals surface area (Å²) in [5, 5.41) is 4.86. The zero-order valence-electron chi connectivity index (χ0n) is 18.5. The predicted molar refractivity (Wildman–Crippen MR) is 138 cm³/mol. The van der Waals surface area contributed by atoms with Crippen LogP contribution in [0.2, 0.25) is 0 Å². The maximum atomic E-state index is 13.1. The van der Waals surface area contributed by atoms with Crippen molar-refractivity contribution < 1.29 is 4.79 Å². The molecule has 2 aromatic carbocycles. The topological polar surface area (TPSA) is 38.1 Å². The molecule has 1 aliphatic heterocycles. The van der Waals surface area contributed by atoms with E-state index in [1.807, 2.05) is 47.3 Å². The number of thioether (sulfide) groups is 1. The first kappa shape index (κ1) is 22.5. The Hall–Kier alpha value is -2.70. The van der Waals surface area contributed by atoms with E-state index in [-0.39, 0.29) is 5.91 Å². The number of benzene rings is 2. The van der Waals surface area contributed by atoms with Crippen molar-refractivity contribution in [3.63, 3.8) is 0 Å². The maximum Gasteiger partial charge on any atom is 0.266 e. The van der Waals surface area contributed by atoms with Gasteiger partial charge in [-0.05, 0) is 31.6 Å². The third-order valence-electron chi connectivity index (χ3n) is 5.48. The molecule has 2 heterocycles. The number of amides is 1. The van der Waals surface area contributed by atoms with Gasteiger partial charge in [0.1, 0.15) is 4.32 Å². The Morgan fingerprint density at radius 2 is 1.78 bits per heavy atom. The standard InChI is InChI=1S/C26H27N3OS2/c1-3-4-5-9-16-28-25(30)23(32-26(28)31)17-21-18-29(22-10-7-6-8-11-22)27-24(21)20-14-12-19(2)13-15-20/h6-8,10-15,17-18H,3-5,9,16H2,1-2H3/b23-17+. The van der Waals surface area contributed by atoms with Crippen LogP contribution in [0.4, 0.5) is 0 Å². The lowest BCUT2D eigenvalue weighted by Gasteiger charge is -2.13. The van der Waals surface area contributed by atoms with E-state index in [4.69, 9.17) is 17.3 Å². The van der Waals surface area contributed by atoms with Crippen LogP contribution in [0.1, 0.15) is 43.7 Å². The first-order chi connectivity index (χ1) is 15.6. The van der Waals surface area contributed by atoms with Crippen molar-refractivity contribution in [3.05, 3.63) is 76.8 Å². The summed E-state index contributed by atoms with van der Waals surface area (Å²) in [4.78, 5) is 15.5. The van der Waals surface area contributed by atoms with Gasteiger partial charge in [0.25, 0.3) is 5.91 Å². The fourth-order valence-electron chi connectivity index (χ4n) is 3.67. The maximum absolute atomic E-state index is 13.1. The average Bonchev–Trinajstić information content (AvgIpc) is 3.34. The van der Waals surface area contributed by atoms with Gasteiger partial charge in [-0.25, -0.2) is 4.68 Å². The number of nitrogens with zero attached hydrogens (tertiary/aromatic N) is 3. The van der Waals surface area contributed by atoms with Crippen LogP contribution < -0.4 is 0 Å². The van der Waals surface area contributed by atoms with Crippen molar-refractivity contribution in [1.29, 1.82) is 0 Å². The van der Waals surface area contributed by atoms with E-state index >= 15 is 0 Å². The van der Waals surface area contributed by atoms with Gasteiger partial charge in [0.15, 0.2) is 0 Å². The van der Waals surface area contributed by atoms with Crippen LogP contribution in [-0.2, 0) is 4.79 Å². The zero-order valence-corrected chi connectivity index (χ0v) is 20.1. The highest BCUT2D eigenvalue weighted by Crippen LogP contribution is 2.35. The lowest BCUT2D eigenvalue weighted by atomic mass is 10.1. The van der Waals surface area contributed by atoms with Gasteiger partial charge in [-0.15, -0.1) is 0 Å². The molecule has 0 saturated carbocycles. The summed E-state index contributed by atoms with van der Waals surface area (Å²) >= 11 is 6.90. The Bertz CT molecular complexity index is 1130. The molecule has 0 radical (unpaired) electrons. The number of aromatic nitrogens is 2. The number of hydrogen-bond donors (Lipinski definition) is 0. The molecule has 6 heteroatoms. The highest BCUT2D eigenvalue weighted by molar-refractivity contribution is 8.26. The van der Waals surface area contributed by atoms with Gasteiger partial charge < -0.3 is 0 Å². The first-order valence-electron chi connectivity index (χ1n) is 11.0. The molecule has 0 spiro atoms. The number of aryl methyl sites for hydroxylation is 1. The van der Waals surface area contributed by atoms with Gasteiger partial charge in [0, 0.05) is 23.9 Å². The number of carbonyl (C=O) groups excluding carboxylic acids is 1. The summed E-state index contributed by atoms with van der Waals surface area (Å²) in [6, 6.07) is 18.3. The van der Waals surface area contributed by atoms with Crippen molar-refractivity contribution in [2.24, 2.45) is 0 Å². The van der Waals surface area contributed by atoms with Crippen LogP contribution in [0.5, 0.6) is 0 Å². The summed E-state index contributed by atoms with van der Waals surface area (Å²) in [5.74, 6) is -0.00110. The molecule has 4 rings (SSSR count). The van der Waals surface area contributed by atoms with Crippen LogP contribution >= 0.6 is 24.0 Å². The molecule has 1 aliphatic rings. The fraction of sp³-hybridized carbons (Fsp3) is 0.269. The van der Waals surface area contributed by atoms with Crippen molar-refractivity contribution in [3.8, 4) is 16.9 Å². The van der Waals surface area contributed by atoms with Gasteiger partial charge in [-0.1, -0.05) is 98.2 Å². The van der Waals surface area contributed by atoms with Gasteiger partial charge in [0.2, 0.25) is 0 Å². The van der Waals surface area contributed by atoms with E-state index in [2.05, 4.69) is 38.1 Å². The van der Waals surface area contributed by atoms with Gasteiger partial charge in [0.05, 0.1) is 16.3 Å². The van der Waals surface area contributed by atoms with E-state index in [9.17, 15) is 4.79 Å². The molecular weight excluding hydrogens is 434 g/mol. The SMILES string of the molecule is CCCCCCN1C(=O)/C(=C\c2cn(-c3ccccc3)nc2-c2ccc(C)cc2)SC1=S. The van der Waals surface area contributed by atoms with E-state index in [0.717, 1.165) is 35.3 Å². The highest BCUT2D eigenvalue weighted by Gasteiger charge is 2.32. The van der Waals surface area contributed by atoms with Gasteiger partial charge in [-0.3, -0.25) is 9.69 Å². The van der Waals surface area contributed by atoms with Crippen LogP contribution in [0.25, 0.3) is 23.0 Å². The van der Waals surface area contributed by atoms with Crippen molar-refractivity contribution in [2.45, 2.75) is 39.5 Å². The molecule has 0 bridgehead atoms. The Morgan fingerprint density at radius 3 is 2.50 bits per heavy atom. The fourth-order valence-corrected chi connectivity index (χ4v) is 4.97. The Morgan fingerprint density at radius 1 is 1.03 bits per heavy atom. The molecule has 0 atom stereocenters. The molecule has 32 heavy (non-hydrogen) atoms. The molecule has 3 aromatic rings. The highest BCUT2D eigenvalue weighted by atomic mass is 32.2. The van der Waals surface area contributed by atoms with Crippen molar-refractivity contribution in [2.75, 3.05) is 6.54 Å². The molecule has 4 nitrogen and oxygen atoms in total. The summed E-state index contributed by atoms with van der Waals surface area (Å²) in [5.41, 5.74) is 4.95. The molecule has 0 aliphatic carbocycles. The number of para-hydroxylation sites is 1. The van der Waals surface area contributed by atoms with Crippen molar-refractivity contribution >= 4 is 40.3 Å². The lowest BCUT2D eigenvalue weighted by molar-refractivity contribution is -0.122. The summed E-state index contributed by atoms with van der Waals surface area (Å²) < 4.78 is 2.51. The Kier molecular flexibility index (Phi) is 7.22. The minimum absolute atomic E-state index is 0.00110. The Balaban J connectivity index is 1.67. The second kappa shape index (κ2) is 10.3. The monoisotopic (exact) mass is 461 g/mol. The smallest absolute Gasteiger partial charge is 0.266 e. The minimum atomic E-state index is -0.00110. The van der Waals surface area contributed by atoms with Crippen molar-refractivity contribution in [1.82, 2.24) is 14.7 Å². The second-order valence-electron chi connectivity index (χ2n) is 7.97. The van der Waals surface area contributed by atoms with Crippen LogP contribution in [0.3, 0.4) is 0 Å². The number of hydrogen-bond acceptors (Lipinski definition) is 4. The third-order valence-corrected chi connectivity index (χ3v) is 6.86. The summed E-state index contributed by atoms with van der Waals surface area (Å²) in [6.07, 6.45) is 8.38. The van der Waals surface area contributed by atoms with E-state index in [1.54, 1.807) is 4.90 Å². The van der Waals surface area contributed by atoms with Crippen LogP contribution in [0, 0.1) is 6.92 Å². The Labute approximate surface area is 199 Å². The third kappa shape index (κ3) is 5.03. The number of thiocarbonyl (C=S) groups is 1. The zero-order chi connectivity index (χ0) is 22.5. The van der Waals surface area contributed by atoms with E-state index < -0.39 is 0 Å². The number of unbranched alkanes of at least 4 members (excludes halogenated alkanes) is 3. The molecule has 0 N–H and O–H groups in total. The lowest BCUT2D eigenvalue weighted by Crippen LogP contribution is -2.29. The molecule has 1 amide bonds. The summed E-state index contributed by atoms with van der Waals surface area (Å²) in [6.45, 7) is 4.94. The average molecular weight is 462 g/mol. The van der Waals surface area contributed by atoms with E-state index in [1.165, 1.54) is 30.2 Å². The largest absolute Gasteiger partial charge is 0.293 e. The molecule has 0 unspecified atom stereocenters. The normalized spacial score (nSPS) is 15.2. The molecule has 1 saturated heterocycles. The minimum Gasteiger partial charge on any atom is -0.293 e. The quantitative estimate of drug-likeness (QED) is 0.214. The molecule has 1 aromatic heterocycles. The number of rotatable bonds is 8. The predicted octanol–water partition coefficient (Wildman–Crippen LogP) is 6.63. The van der Waals surface area contributed by atoms with Crippen LogP contribution in [0.15, 0.2) is 65.7 Å². The number of carbonyl (C=O) groups is 1. The molecular formula is C26H27N3OS2. The van der Waals surface area contributed by atoms with E-state index in [0.29, 0.717) is 15.8 Å². The summed E-state index contributed by atoms with van der Waals surface area (Å²) in [7, 11) is 0. The first-order valence-corrected chi connectivity index (χ1v) is 12.3. The van der Waals surface area contributed by atoms with Gasteiger partial charge >= 0.3 is 0 Å². The molecule has 164 valence electrons. The molecule has 1 fully saturated rings.